The second-order valence-corrected chi connectivity index (χ2v) is 5.99. The molecule has 0 spiro atoms. The topological polar surface area (TPSA) is 55.5 Å². The molecular weight excluding hydrogens is 269 g/mol. The van der Waals surface area contributed by atoms with Gasteiger partial charge in [0.25, 0.3) is 0 Å². The van der Waals surface area contributed by atoms with Crippen LogP contribution in [0.1, 0.15) is 39.3 Å². The third kappa shape index (κ3) is 3.81. The third-order valence-electron chi connectivity index (χ3n) is 2.92. The van der Waals surface area contributed by atoms with Crippen molar-refractivity contribution in [2.24, 2.45) is 11.1 Å². The molecule has 0 saturated heterocycles. The van der Waals surface area contributed by atoms with Crippen molar-refractivity contribution in [1.82, 2.24) is 0 Å². The van der Waals surface area contributed by atoms with E-state index in [-0.39, 0.29) is 10.8 Å². The minimum atomic E-state index is -0.805. The molecular formula is C14H21ClFNO2. The Bertz CT molecular complexity index is 423. The van der Waals surface area contributed by atoms with E-state index in [9.17, 15) is 9.50 Å². The van der Waals surface area contributed by atoms with Gasteiger partial charge in [-0.05, 0) is 30.0 Å². The Labute approximate surface area is 118 Å². The van der Waals surface area contributed by atoms with Crippen LogP contribution < -0.4 is 10.5 Å². The fourth-order valence-electron chi connectivity index (χ4n) is 1.78. The van der Waals surface area contributed by atoms with Crippen LogP contribution in [0, 0.1) is 11.2 Å². The van der Waals surface area contributed by atoms with Gasteiger partial charge in [-0.3, -0.25) is 0 Å². The molecule has 0 unspecified atom stereocenters. The van der Waals surface area contributed by atoms with Crippen molar-refractivity contribution in [2.45, 2.75) is 39.8 Å². The molecule has 3 nitrogen and oxygen atoms in total. The molecule has 0 aliphatic rings. The van der Waals surface area contributed by atoms with Gasteiger partial charge in [-0.1, -0.05) is 32.4 Å². The van der Waals surface area contributed by atoms with Crippen molar-refractivity contribution in [3.05, 3.63) is 28.5 Å². The van der Waals surface area contributed by atoms with Gasteiger partial charge in [-0.15, -0.1) is 0 Å². The molecule has 0 saturated carbocycles. The van der Waals surface area contributed by atoms with Crippen LogP contribution in [0.2, 0.25) is 5.02 Å². The number of benzene rings is 1. The summed E-state index contributed by atoms with van der Waals surface area (Å²) in [5.41, 5.74) is 6.02. The maximum absolute atomic E-state index is 13.9. The summed E-state index contributed by atoms with van der Waals surface area (Å²) in [6, 6.07) is 2.09. The van der Waals surface area contributed by atoms with Crippen LogP contribution in [0.15, 0.2) is 12.1 Å². The Hall–Kier alpha value is -0.840. The van der Waals surface area contributed by atoms with Gasteiger partial charge in [0.1, 0.15) is 0 Å². The van der Waals surface area contributed by atoms with Gasteiger partial charge in [-0.25, -0.2) is 4.39 Å². The number of ether oxygens (including phenoxy) is 1. The Morgan fingerprint density at radius 2 is 2.00 bits per heavy atom. The average Bonchev–Trinajstić information content (AvgIpc) is 2.30. The predicted molar refractivity (Wildman–Crippen MR) is 75.0 cm³/mol. The number of halogens is 2. The lowest BCUT2D eigenvalue weighted by Crippen LogP contribution is -2.37. The highest BCUT2D eigenvalue weighted by atomic mass is 35.5. The minimum absolute atomic E-state index is 0.0189. The molecule has 0 radical (unpaired) electrons. The van der Waals surface area contributed by atoms with Gasteiger partial charge in [-0.2, -0.15) is 0 Å². The quantitative estimate of drug-likeness (QED) is 0.894. The SMILES string of the molecule is CCOc1c(F)cc([C@H](N)[C@H](O)C(C)(C)C)cc1Cl. The van der Waals surface area contributed by atoms with Crippen LogP contribution in [-0.4, -0.2) is 17.8 Å². The van der Waals surface area contributed by atoms with Crippen LogP contribution in [0.5, 0.6) is 5.75 Å². The van der Waals surface area contributed by atoms with Crippen molar-refractivity contribution in [1.29, 1.82) is 0 Å². The van der Waals surface area contributed by atoms with E-state index in [0.717, 1.165) is 0 Å². The van der Waals surface area contributed by atoms with E-state index in [1.807, 2.05) is 20.8 Å². The Kier molecular flexibility index (Phi) is 5.18. The van der Waals surface area contributed by atoms with Gasteiger partial charge in [0.15, 0.2) is 11.6 Å². The number of hydrogen-bond donors (Lipinski definition) is 2. The lowest BCUT2D eigenvalue weighted by atomic mass is 9.82. The maximum Gasteiger partial charge on any atom is 0.173 e. The zero-order valence-electron chi connectivity index (χ0n) is 11.7. The number of aliphatic hydroxyl groups excluding tert-OH is 1. The fraction of sp³-hybridized carbons (Fsp3) is 0.571. The Balaban J connectivity index is 3.09. The molecule has 0 heterocycles. The third-order valence-corrected chi connectivity index (χ3v) is 3.20. The van der Waals surface area contributed by atoms with Crippen molar-refractivity contribution >= 4 is 11.6 Å². The van der Waals surface area contributed by atoms with E-state index in [1.165, 1.54) is 12.1 Å². The number of rotatable bonds is 4. The summed E-state index contributed by atoms with van der Waals surface area (Å²) >= 11 is 5.97. The lowest BCUT2D eigenvalue weighted by molar-refractivity contribution is 0.0400. The van der Waals surface area contributed by atoms with Crippen LogP contribution in [-0.2, 0) is 0 Å². The summed E-state index contributed by atoms with van der Waals surface area (Å²) < 4.78 is 19.0. The molecule has 2 atom stereocenters. The van der Waals surface area contributed by atoms with Crippen LogP contribution >= 0.6 is 11.6 Å². The number of hydrogen-bond acceptors (Lipinski definition) is 3. The van der Waals surface area contributed by atoms with E-state index in [4.69, 9.17) is 22.1 Å². The molecule has 1 aromatic carbocycles. The first-order valence-electron chi connectivity index (χ1n) is 6.23. The molecule has 0 amide bonds. The molecule has 3 N–H and O–H groups in total. The summed E-state index contributed by atoms with van der Waals surface area (Å²) in [5, 5.41) is 10.3. The van der Waals surface area contributed by atoms with Crippen molar-refractivity contribution < 1.29 is 14.2 Å². The van der Waals surface area contributed by atoms with E-state index >= 15 is 0 Å². The maximum atomic E-state index is 13.9. The average molecular weight is 290 g/mol. The zero-order valence-corrected chi connectivity index (χ0v) is 12.5. The smallest absolute Gasteiger partial charge is 0.173 e. The van der Waals surface area contributed by atoms with Crippen molar-refractivity contribution in [3.63, 3.8) is 0 Å². The molecule has 0 aliphatic carbocycles. The molecule has 1 rings (SSSR count). The summed E-state index contributed by atoms with van der Waals surface area (Å²) in [6.45, 7) is 7.67. The van der Waals surface area contributed by atoms with Gasteiger partial charge in [0.05, 0.1) is 23.8 Å². The molecule has 0 fully saturated rings. The molecule has 5 heteroatoms. The highest BCUT2D eigenvalue weighted by Gasteiger charge is 2.30. The summed E-state index contributed by atoms with van der Waals surface area (Å²) in [6.07, 6.45) is -0.805. The highest BCUT2D eigenvalue weighted by Crippen LogP contribution is 2.34. The van der Waals surface area contributed by atoms with E-state index in [1.54, 1.807) is 6.92 Å². The summed E-state index contributed by atoms with van der Waals surface area (Å²) in [4.78, 5) is 0. The summed E-state index contributed by atoms with van der Waals surface area (Å²) in [5.74, 6) is -0.550. The fourth-order valence-corrected chi connectivity index (χ4v) is 2.05. The predicted octanol–water partition coefficient (Wildman–Crippen LogP) is 3.28. The largest absolute Gasteiger partial charge is 0.489 e. The standard InChI is InChI=1S/C14H21ClFNO2/c1-5-19-12-9(15)6-8(7-10(12)16)11(17)13(18)14(2,3)4/h6-7,11,13,18H,5,17H2,1-4H3/t11-,13-/m0/s1. The summed E-state index contributed by atoms with van der Waals surface area (Å²) in [7, 11) is 0. The molecule has 0 bridgehead atoms. The molecule has 1 aromatic rings. The second kappa shape index (κ2) is 6.07. The van der Waals surface area contributed by atoms with E-state index in [0.29, 0.717) is 12.2 Å². The van der Waals surface area contributed by atoms with Gasteiger partial charge >= 0.3 is 0 Å². The number of aliphatic hydroxyl groups is 1. The zero-order chi connectivity index (χ0) is 14.8. The van der Waals surface area contributed by atoms with Crippen molar-refractivity contribution in [2.75, 3.05) is 6.61 Å². The first-order valence-corrected chi connectivity index (χ1v) is 6.61. The monoisotopic (exact) mass is 289 g/mol. The van der Waals surface area contributed by atoms with Crippen LogP contribution in [0.4, 0.5) is 4.39 Å². The first-order chi connectivity index (χ1) is 8.68. The molecule has 0 aliphatic heterocycles. The highest BCUT2D eigenvalue weighted by molar-refractivity contribution is 6.32. The van der Waals surface area contributed by atoms with Gasteiger partial charge < -0.3 is 15.6 Å². The van der Waals surface area contributed by atoms with E-state index in [2.05, 4.69) is 0 Å². The second-order valence-electron chi connectivity index (χ2n) is 5.58. The minimum Gasteiger partial charge on any atom is -0.489 e. The molecule has 108 valence electrons. The first kappa shape index (κ1) is 16.2. The van der Waals surface area contributed by atoms with Crippen molar-refractivity contribution in [3.8, 4) is 5.75 Å². The molecule has 19 heavy (non-hydrogen) atoms. The lowest BCUT2D eigenvalue weighted by Gasteiger charge is -2.31. The Morgan fingerprint density at radius 3 is 2.42 bits per heavy atom. The molecule has 0 aromatic heterocycles. The van der Waals surface area contributed by atoms with Gasteiger partial charge in [0.2, 0.25) is 0 Å². The van der Waals surface area contributed by atoms with Gasteiger partial charge in [0, 0.05) is 0 Å². The van der Waals surface area contributed by atoms with Crippen LogP contribution in [0.3, 0.4) is 0 Å². The Morgan fingerprint density at radius 1 is 1.42 bits per heavy atom. The van der Waals surface area contributed by atoms with E-state index < -0.39 is 23.4 Å². The van der Waals surface area contributed by atoms with Crippen LogP contribution in [0.25, 0.3) is 0 Å². The number of nitrogens with two attached hydrogens (primary N) is 1. The normalized spacial score (nSPS) is 15.2.